The topological polar surface area (TPSA) is 102 Å². The maximum Gasteiger partial charge on any atom is 0.268 e. The van der Waals surface area contributed by atoms with Crippen molar-refractivity contribution in [1.82, 2.24) is 20.2 Å². The molecule has 2 aromatic heterocycles. The number of alkyl halides is 2. The molecule has 0 saturated carbocycles. The number of nitrogens with zero attached hydrogens (tertiary/aromatic N) is 3. The van der Waals surface area contributed by atoms with Crippen LogP contribution in [0.3, 0.4) is 0 Å². The number of nitrogens with one attached hydrogen (secondary N) is 2. The van der Waals surface area contributed by atoms with Crippen LogP contribution in [-0.2, 0) is 4.79 Å². The number of pyridine rings is 1. The van der Waals surface area contributed by atoms with Gasteiger partial charge in [0.25, 0.3) is 11.8 Å². The minimum Gasteiger partial charge on any atom is -0.361 e. The van der Waals surface area contributed by atoms with Crippen LogP contribution in [0.2, 0.25) is 0 Å². The summed E-state index contributed by atoms with van der Waals surface area (Å²) in [4.78, 5) is 33.6. The third-order valence-electron chi connectivity index (χ3n) is 6.01. The summed E-state index contributed by atoms with van der Waals surface area (Å²) in [5.74, 6) is -4.37. The third kappa shape index (κ3) is 3.94. The fourth-order valence-electron chi connectivity index (χ4n) is 4.30. The van der Waals surface area contributed by atoms with Gasteiger partial charge in [-0.25, -0.2) is 8.78 Å². The number of H-pyrrole nitrogens is 1. The quantitative estimate of drug-likeness (QED) is 0.484. The number of rotatable bonds is 4. The Bertz CT molecular complexity index is 1470. The number of amides is 2. The average Bonchev–Trinajstić information content (AvgIpc) is 3.44. The molecular weight excluding hydrogens is 440 g/mol. The number of fused-ring (bicyclic) bond motifs is 2. The molecule has 2 N–H and O–H groups in total. The number of hydrogen-bond acceptors (Lipinski definition) is 4. The number of carbonyl (C=O) groups excluding carboxylic acids is 2. The van der Waals surface area contributed by atoms with E-state index in [4.69, 9.17) is 5.26 Å². The van der Waals surface area contributed by atoms with E-state index in [2.05, 4.69) is 15.3 Å². The first kappa shape index (κ1) is 21.5. The highest BCUT2D eigenvalue weighted by molar-refractivity contribution is 6.07. The average molecular weight is 459 g/mol. The van der Waals surface area contributed by atoms with Gasteiger partial charge in [-0.05, 0) is 52.9 Å². The van der Waals surface area contributed by atoms with Gasteiger partial charge in [-0.2, -0.15) is 5.26 Å². The van der Waals surface area contributed by atoms with Gasteiger partial charge in [-0.15, -0.1) is 0 Å². The van der Waals surface area contributed by atoms with Gasteiger partial charge in [0, 0.05) is 29.7 Å². The lowest BCUT2D eigenvalue weighted by Gasteiger charge is -2.19. The number of carbonyl (C=O) groups is 2. The zero-order valence-electron chi connectivity index (χ0n) is 17.9. The van der Waals surface area contributed by atoms with Gasteiger partial charge in [0.1, 0.15) is 6.04 Å². The standard InChI is InChI=1S/C25H19F2N5O2/c26-25(27)11-18(12-28)32(14-25)23(33)13-31-24(34)19-6-8-30-22-4-2-16(10-20(19)22)15-1-3-21-17(9-15)5-7-29-21/h1-10,18,29H,11,13-14H2,(H,31,34). The van der Waals surface area contributed by atoms with E-state index in [9.17, 15) is 18.4 Å². The van der Waals surface area contributed by atoms with Crippen molar-refractivity contribution in [2.24, 2.45) is 0 Å². The van der Waals surface area contributed by atoms with Crippen LogP contribution in [0.25, 0.3) is 32.9 Å². The molecule has 1 atom stereocenters. The molecule has 2 amide bonds. The largest absolute Gasteiger partial charge is 0.361 e. The summed E-state index contributed by atoms with van der Waals surface area (Å²) in [7, 11) is 0. The van der Waals surface area contributed by atoms with Crippen molar-refractivity contribution in [2.75, 3.05) is 13.1 Å². The van der Waals surface area contributed by atoms with Crippen LogP contribution in [0.15, 0.2) is 60.9 Å². The summed E-state index contributed by atoms with van der Waals surface area (Å²) in [5.41, 5.74) is 3.80. The minimum absolute atomic E-state index is 0.311. The molecule has 9 heteroatoms. The highest BCUT2D eigenvalue weighted by Crippen LogP contribution is 2.32. The normalized spacial score (nSPS) is 17.1. The summed E-state index contributed by atoms with van der Waals surface area (Å²) >= 11 is 0. The fraction of sp³-hybridized carbons (Fsp3) is 0.200. The Labute approximate surface area is 193 Å². The number of benzene rings is 2. The second kappa shape index (κ2) is 8.23. The maximum absolute atomic E-state index is 13.6. The van der Waals surface area contributed by atoms with Crippen molar-refractivity contribution in [3.05, 3.63) is 66.5 Å². The lowest BCUT2D eigenvalue weighted by atomic mass is 9.99. The zero-order chi connectivity index (χ0) is 23.9. The Morgan fingerprint density at radius 2 is 1.97 bits per heavy atom. The van der Waals surface area contributed by atoms with Crippen LogP contribution < -0.4 is 5.32 Å². The van der Waals surface area contributed by atoms with Crippen molar-refractivity contribution in [2.45, 2.75) is 18.4 Å². The number of halogens is 2. The summed E-state index contributed by atoms with van der Waals surface area (Å²) in [6.07, 6.45) is 2.66. The molecule has 3 heterocycles. The molecular formula is C25H19F2N5O2. The highest BCUT2D eigenvalue weighted by atomic mass is 19.3. The molecule has 0 spiro atoms. The van der Waals surface area contributed by atoms with E-state index in [0.29, 0.717) is 16.5 Å². The predicted molar refractivity (Wildman–Crippen MR) is 122 cm³/mol. The number of hydrogen-bond donors (Lipinski definition) is 2. The van der Waals surface area contributed by atoms with Gasteiger partial charge in [0.05, 0.1) is 30.2 Å². The van der Waals surface area contributed by atoms with Gasteiger partial charge in [0.2, 0.25) is 5.91 Å². The molecule has 0 radical (unpaired) electrons. The fourth-order valence-corrected chi connectivity index (χ4v) is 4.30. The first-order chi connectivity index (χ1) is 16.3. The first-order valence-corrected chi connectivity index (χ1v) is 10.7. The number of aromatic nitrogens is 2. The molecule has 170 valence electrons. The minimum atomic E-state index is -3.11. The summed E-state index contributed by atoms with van der Waals surface area (Å²) < 4.78 is 27.3. The SMILES string of the molecule is N#CC1CC(F)(F)CN1C(=O)CNC(=O)c1ccnc2ccc(-c3ccc4[nH]ccc4c3)cc12. The monoisotopic (exact) mass is 459 g/mol. The van der Waals surface area contributed by atoms with Crippen LogP contribution in [0.1, 0.15) is 16.8 Å². The lowest BCUT2D eigenvalue weighted by Crippen LogP contribution is -2.43. The Kier molecular flexibility index (Phi) is 5.21. The molecule has 1 aliphatic heterocycles. The van der Waals surface area contributed by atoms with Gasteiger partial charge in [0.15, 0.2) is 0 Å². The number of nitriles is 1. The van der Waals surface area contributed by atoms with Crippen molar-refractivity contribution in [3.63, 3.8) is 0 Å². The van der Waals surface area contributed by atoms with Gasteiger partial charge >= 0.3 is 0 Å². The van der Waals surface area contributed by atoms with Crippen molar-refractivity contribution in [3.8, 4) is 17.2 Å². The molecule has 1 fully saturated rings. The van der Waals surface area contributed by atoms with E-state index >= 15 is 0 Å². The molecule has 7 nitrogen and oxygen atoms in total. The Hall–Kier alpha value is -4.32. The van der Waals surface area contributed by atoms with Crippen molar-refractivity contribution in [1.29, 1.82) is 5.26 Å². The molecule has 0 bridgehead atoms. The number of likely N-dealkylation sites (tertiary alicyclic amines) is 1. The molecule has 2 aromatic carbocycles. The van der Waals surface area contributed by atoms with E-state index in [1.807, 2.05) is 48.7 Å². The Balaban J connectivity index is 1.38. The number of aromatic amines is 1. The molecule has 0 aliphatic carbocycles. The summed E-state index contributed by atoms with van der Waals surface area (Å²) in [6.45, 7) is -1.31. The molecule has 4 aromatic rings. The van der Waals surface area contributed by atoms with E-state index in [1.54, 1.807) is 12.1 Å². The highest BCUT2D eigenvalue weighted by Gasteiger charge is 2.47. The molecule has 5 rings (SSSR count). The van der Waals surface area contributed by atoms with Crippen LogP contribution in [-0.4, -0.2) is 51.7 Å². The predicted octanol–water partition coefficient (Wildman–Crippen LogP) is 3.87. The Morgan fingerprint density at radius 3 is 2.79 bits per heavy atom. The molecule has 1 saturated heterocycles. The van der Waals surface area contributed by atoms with E-state index < -0.39 is 43.3 Å². The smallest absolute Gasteiger partial charge is 0.268 e. The zero-order valence-corrected chi connectivity index (χ0v) is 17.9. The van der Waals surface area contributed by atoms with E-state index in [0.717, 1.165) is 26.9 Å². The van der Waals surface area contributed by atoms with Gasteiger partial charge < -0.3 is 15.2 Å². The summed E-state index contributed by atoms with van der Waals surface area (Å²) in [6, 6.07) is 15.6. The molecule has 34 heavy (non-hydrogen) atoms. The van der Waals surface area contributed by atoms with Crippen molar-refractivity contribution < 1.29 is 18.4 Å². The first-order valence-electron chi connectivity index (χ1n) is 10.7. The molecule has 1 unspecified atom stereocenters. The second-order valence-corrected chi connectivity index (χ2v) is 8.28. The van der Waals surface area contributed by atoms with Gasteiger partial charge in [-0.3, -0.25) is 14.6 Å². The maximum atomic E-state index is 13.6. The van der Waals surface area contributed by atoms with Gasteiger partial charge in [-0.1, -0.05) is 12.1 Å². The Morgan fingerprint density at radius 1 is 1.18 bits per heavy atom. The second-order valence-electron chi connectivity index (χ2n) is 8.28. The lowest BCUT2D eigenvalue weighted by molar-refractivity contribution is -0.131. The van der Waals surface area contributed by atoms with Crippen LogP contribution in [0, 0.1) is 11.3 Å². The van der Waals surface area contributed by atoms with E-state index in [-0.39, 0.29) is 0 Å². The summed E-state index contributed by atoms with van der Waals surface area (Å²) in [5, 5.41) is 13.2. The molecule has 1 aliphatic rings. The van der Waals surface area contributed by atoms with Crippen LogP contribution >= 0.6 is 0 Å². The van der Waals surface area contributed by atoms with Crippen LogP contribution in [0.5, 0.6) is 0 Å². The van der Waals surface area contributed by atoms with Crippen molar-refractivity contribution >= 4 is 33.6 Å². The van der Waals surface area contributed by atoms with E-state index in [1.165, 1.54) is 6.20 Å². The van der Waals surface area contributed by atoms with Crippen LogP contribution in [0.4, 0.5) is 8.78 Å². The third-order valence-corrected chi connectivity index (χ3v) is 6.01.